The Balaban J connectivity index is 1.54. The maximum absolute atomic E-state index is 5.38. The zero-order chi connectivity index (χ0) is 20.5. The number of aromatic amines is 1. The van der Waals surface area contributed by atoms with Gasteiger partial charge in [0.15, 0.2) is 5.82 Å². The molecule has 30 heavy (non-hydrogen) atoms. The highest BCUT2D eigenvalue weighted by Crippen LogP contribution is 2.38. The fourth-order valence-electron chi connectivity index (χ4n) is 3.54. The van der Waals surface area contributed by atoms with E-state index in [9.17, 15) is 0 Å². The van der Waals surface area contributed by atoms with Crippen molar-refractivity contribution in [3.8, 4) is 11.3 Å². The van der Waals surface area contributed by atoms with Crippen molar-refractivity contribution in [3.63, 3.8) is 0 Å². The number of rotatable bonds is 6. The van der Waals surface area contributed by atoms with Gasteiger partial charge in [-0.15, -0.1) is 0 Å². The van der Waals surface area contributed by atoms with Gasteiger partial charge >= 0.3 is 0 Å². The predicted octanol–water partition coefficient (Wildman–Crippen LogP) is 4.92. The first-order valence-electron chi connectivity index (χ1n) is 10.1. The molecular formula is C23H22N6S. The fourth-order valence-corrected chi connectivity index (χ4v) is 3.73. The van der Waals surface area contributed by atoms with Crippen LogP contribution >= 0.6 is 12.2 Å². The molecule has 2 heterocycles. The minimum absolute atomic E-state index is 0.451. The van der Waals surface area contributed by atoms with Gasteiger partial charge in [-0.05, 0) is 43.6 Å². The van der Waals surface area contributed by atoms with E-state index in [0.29, 0.717) is 17.2 Å². The van der Waals surface area contributed by atoms with Crippen molar-refractivity contribution >= 4 is 18.4 Å². The van der Waals surface area contributed by atoms with Crippen LogP contribution in [0.25, 0.3) is 11.3 Å². The van der Waals surface area contributed by atoms with Crippen molar-refractivity contribution in [2.45, 2.75) is 32.2 Å². The SMILES string of the molecule is Cc1cccc(-c2nn(Cc3ccccc3)cc2/C=N\n2c(C3CC3)n[nH]c2=S)c1. The highest BCUT2D eigenvalue weighted by atomic mass is 32.1. The van der Waals surface area contributed by atoms with Gasteiger partial charge in [-0.2, -0.15) is 20.0 Å². The van der Waals surface area contributed by atoms with Gasteiger partial charge in [0.2, 0.25) is 4.77 Å². The van der Waals surface area contributed by atoms with Crippen molar-refractivity contribution in [2.24, 2.45) is 5.10 Å². The largest absolute Gasteiger partial charge is 0.267 e. The van der Waals surface area contributed by atoms with Gasteiger partial charge in [0.1, 0.15) is 5.69 Å². The Hall–Kier alpha value is -3.32. The topological polar surface area (TPSA) is 63.8 Å². The van der Waals surface area contributed by atoms with Gasteiger partial charge in [0, 0.05) is 23.2 Å². The van der Waals surface area contributed by atoms with Gasteiger partial charge in [-0.1, -0.05) is 54.1 Å². The van der Waals surface area contributed by atoms with E-state index in [1.54, 1.807) is 4.68 Å². The lowest BCUT2D eigenvalue weighted by atomic mass is 10.1. The summed E-state index contributed by atoms with van der Waals surface area (Å²) in [6.07, 6.45) is 6.15. The van der Waals surface area contributed by atoms with Crippen LogP contribution in [0.5, 0.6) is 0 Å². The number of aryl methyl sites for hydroxylation is 1. The molecule has 4 aromatic rings. The lowest BCUT2D eigenvalue weighted by molar-refractivity contribution is 0.689. The first-order valence-corrected chi connectivity index (χ1v) is 10.5. The minimum atomic E-state index is 0.451. The first kappa shape index (κ1) is 18.7. The second-order valence-corrected chi connectivity index (χ2v) is 8.09. The molecule has 1 fully saturated rings. The van der Waals surface area contributed by atoms with Crippen LogP contribution in [-0.4, -0.2) is 30.9 Å². The quantitative estimate of drug-likeness (QED) is 0.360. The summed E-state index contributed by atoms with van der Waals surface area (Å²) in [5.41, 5.74) is 5.32. The maximum Gasteiger partial charge on any atom is 0.216 e. The molecule has 0 amide bonds. The van der Waals surface area contributed by atoms with Gasteiger partial charge in [-0.25, -0.2) is 0 Å². The summed E-state index contributed by atoms with van der Waals surface area (Å²) in [5, 5.41) is 16.8. The summed E-state index contributed by atoms with van der Waals surface area (Å²) in [6, 6.07) is 18.7. The Morgan fingerprint density at radius 1 is 1.17 bits per heavy atom. The Morgan fingerprint density at radius 3 is 2.77 bits per heavy atom. The van der Waals surface area contributed by atoms with Crippen LogP contribution in [0.15, 0.2) is 65.9 Å². The van der Waals surface area contributed by atoms with Gasteiger partial charge < -0.3 is 0 Å². The molecule has 1 aliphatic carbocycles. The summed E-state index contributed by atoms with van der Waals surface area (Å²) in [6.45, 7) is 2.79. The minimum Gasteiger partial charge on any atom is -0.267 e. The van der Waals surface area contributed by atoms with Crippen LogP contribution in [0.4, 0.5) is 0 Å². The smallest absolute Gasteiger partial charge is 0.216 e. The molecule has 1 N–H and O–H groups in total. The Kier molecular flexibility index (Phi) is 4.88. The molecule has 150 valence electrons. The van der Waals surface area contributed by atoms with Crippen LogP contribution in [0, 0.1) is 11.7 Å². The highest BCUT2D eigenvalue weighted by Gasteiger charge is 2.29. The van der Waals surface area contributed by atoms with E-state index in [1.807, 2.05) is 35.3 Å². The zero-order valence-electron chi connectivity index (χ0n) is 16.7. The Bertz CT molecular complexity index is 1260. The zero-order valence-corrected chi connectivity index (χ0v) is 17.5. The van der Waals surface area contributed by atoms with E-state index < -0.39 is 0 Å². The van der Waals surface area contributed by atoms with Crippen molar-refractivity contribution in [1.82, 2.24) is 24.7 Å². The van der Waals surface area contributed by atoms with Crippen LogP contribution < -0.4 is 0 Å². The van der Waals surface area contributed by atoms with Crippen molar-refractivity contribution in [3.05, 3.63) is 88.1 Å². The third-order valence-corrected chi connectivity index (χ3v) is 5.46. The monoisotopic (exact) mass is 414 g/mol. The second kappa shape index (κ2) is 7.84. The molecule has 0 spiro atoms. The van der Waals surface area contributed by atoms with Gasteiger partial charge in [-0.3, -0.25) is 9.78 Å². The molecule has 6 nitrogen and oxygen atoms in total. The van der Waals surface area contributed by atoms with Gasteiger partial charge in [0.05, 0.1) is 12.8 Å². The van der Waals surface area contributed by atoms with Crippen LogP contribution in [0.1, 0.15) is 41.3 Å². The maximum atomic E-state index is 5.38. The van der Waals surface area contributed by atoms with Crippen LogP contribution in [0.2, 0.25) is 0 Å². The molecule has 0 unspecified atom stereocenters. The lowest BCUT2D eigenvalue weighted by Crippen LogP contribution is -2.00. The first-order chi connectivity index (χ1) is 14.7. The van der Waals surface area contributed by atoms with Crippen LogP contribution in [0.3, 0.4) is 0 Å². The van der Waals surface area contributed by atoms with Crippen LogP contribution in [-0.2, 0) is 6.54 Å². The normalized spacial score (nSPS) is 13.9. The number of benzene rings is 2. The molecular weight excluding hydrogens is 392 g/mol. The molecule has 0 atom stereocenters. The third-order valence-electron chi connectivity index (χ3n) is 5.20. The predicted molar refractivity (Wildman–Crippen MR) is 120 cm³/mol. The van der Waals surface area contributed by atoms with Crippen molar-refractivity contribution in [2.75, 3.05) is 0 Å². The summed E-state index contributed by atoms with van der Waals surface area (Å²) in [7, 11) is 0. The molecule has 7 heteroatoms. The number of hydrogen-bond acceptors (Lipinski definition) is 4. The molecule has 0 aliphatic heterocycles. The molecule has 0 saturated heterocycles. The molecule has 1 saturated carbocycles. The van der Waals surface area contributed by atoms with Crippen molar-refractivity contribution in [1.29, 1.82) is 0 Å². The molecule has 2 aromatic heterocycles. The Labute approximate surface area is 179 Å². The third kappa shape index (κ3) is 3.89. The van der Waals surface area contributed by atoms with Gasteiger partial charge in [0.25, 0.3) is 0 Å². The summed E-state index contributed by atoms with van der Waals surface area (Å²) in [5.74, 6) is 1.36. The molecule has 2 aromatic carbocycles. The molecule has 5 rings (SSSR count). The molecule has 0 bridgehead atoms. The summed E-state index contributed by atoms with van der Waals surface area (Å²) in [4.78, 5) is 0. The Morgan fingerprint density at radius 2 is 2.00 bits per heavy atom. The lowest BCUT2D eigenvalue weighted by Gasteiger charge is -2.02. The van der Waals surface area contributed by atoms with E-state index in [1.165, 1.54) is 11.1 Å². The van der Waals surface area contributed by atoms with E-state index in [2.05, 4.69) is 58.6 Å². The van der Waals surface area contributed by atoms with E-state index in [-0.39, 0.29) is 0 Å². The van der Waals surface area contributed by atoms with E-state index in [4.69, 9.17) is 17.3 Å². The van der Waals surface area contributed by atoms with Crippen molar-refractivity contribution < 1.29 is 0 Å². The number of aromatic nitrogens is 5. The highest BCUT2D eigenvalue weighted by molar-refractivity contribution is 7.71. The number of nitrogens with zero attached hydrogens (tertiary/aromatic N) is 5. The fraction of sp³-hybridized carbons (Fsp3) is 0.217. The summed E-state index contributed by atoms with van der Waals surface area (Å²) >= 11 is 5.38. The molecule has 1 aliphatic rings. The number of nitrogens with one attached hydrogen (secondary N) is 1. The van der Waals surface area contributed by atoms with E-state index >= 15 is 0 Å². The standard InChI is InChI=1S/C23H22N6S/c1-16-6-5-9-19(12-16)21-20(15-28(27-21)14-17-7-3-2-4-8-17)13-24-29-22(18-10-11-18)25-26-23(29)30/h2-9,12-13,15,18H,10-11,14H2,1H3,(H,26,30)/b24-13-. The second-order valence-electron chi connectivity index (χ2n) is 7.70. The number of H-pyrrole nitrogens is 1. The number of hydrogen-bond donors (Lipinski definition) is 1. The summed E-state index contributed by atoms with van der Waals surface area (Å²) < 4.78 is 4.22. The average molecular weight is 415 g/mol. The molecule has 0 radical (unpaired) electrons. The average Bonchev–Trinajstić information content (AvgIpc) is 3.42. The van der Waals surface area contributed by atoms with E-state index in [0.717, 1.165) is 35.5 Å².